The Morgan fingerprint density at radius 2 is 1.61 bits per heavy atom. The molecule has 4 heterocycles. The van der Waals surface area contributed by atoms with Crippen LogP contribution in [0.1, 0.15) is 43.7 Å². The Morgan fingerprint density at radius 3 is 2.33 bits per heavy atom. The smallest absolute Gasteiger partial charge is 0.219 e. The number of nitrogens with one attached hydrogen (secondary N) is 1. The van der Waals surface area contributed by atoms with Gasteiger partial charge < -0.3 is 24.8 Å². The van der Waals surface area contributed by atoms with Gasteiger partial charge in [0.2, 0.25) is 11.8 Å². The quantitative estimate of drug-likeness (QED) is 0.185. The van der Waals surface area contributed by atoms with E-state index in [0.717, 1.165) is 91.0 Å². The molecule has 0 spiro atoms. The lowest BCUT2D eigenvalue weighted by atomic mass is 9.99. The number of aromatic nitrogens is 2. The second kappa shape index (κ2) is 15.9. The fourth-order valence-electron chi connectivity index (χ4n) is 6.72. The Kier molecular flexibility index (Phi) is 11.4. The molecule has 258 valence electrons. The lowest BCUT2D eigenvalue weighted by molar-refractivity contribution is -0.129. The third-order valence-electron chi connectivity index (χ3n) is 9.62. The van der Waals surface area contributed by atoms with Gasteiger partial charge in [-0.1, -0.05) is 59.6 Å². The molecule has 0 atom stereocenters. The lowest BCUT2D eigenvalue weighted by Crippen LogP contribution is -2.43. The molecule has 2 aliphatic heterocycles. The zero-order chi connectivity index (χ0) is 34.5. The van der Waals surface area contributed by atoms with Crippen LogP contribution in [0.4, 0.5) is 0 Å². The van der Waals surface area contributed by atoms with Gasteiger partial charge >= 0.3 is 0 Å². The number of benzene rings is 2. The van der Waals surface area contributed by atoms with Gasteiger partial charge in [0, 0.05) is 91.8 Å². The van der Waals surface area contributed by atoms with E-state index in [0.29, 0.717) is 46.4 Å². The van der Waals surface area contributed by atoms with Gasteiger partial charge in [-0.05, 0) is 43.9 Å². The van der Waals surface area contributed by atoms with Crippen molar-refractivity contribution in [3.63, 3.8) is 0 Å². The number of methoxy groups -OCH3 is 2. The Bertz CT molecular complexity index is 1790. The number of halogens is 2. The van der Waals surface area contributed by atoms with Crippen molar-refractivity contribution in [3.05, 3.63) is 82.0 Å². The largest absolute Gasteiger partial charge is 0.496 e. The number of aliphatic hydroxyl groups is 1. The van der Waals surface area contributed by atoms with Gasteiger partial charge in [0.1, 0.15) is 5.75 Å². The number of hydrogen-bond acceptors (Lipinski definition) is 8. The van der Waals surface area contributed by atoms with E-state index in [9.17, 15) is 9.90 Å². The van der Waals surface area contributed by atoms with E-state index in [1.54, 1.807) is 27.3 Å². The van der Waals surface area contributed by atoms with Crippen LogP contribution in [0.3, 0.4) is 0 Å². The summed E-state index contributed by atoms with van der Waals surface area (Å²) in [5.41, 5.74) is 6.49. The minimum absolute atomic E-state index is 0.136. The summed E-state index contributed by atoms with van der Waals surface area (Å²) >= 11 is 14.2. The first-order chi connectivity index (χ1) is 23.7. The third-order valence-corrected chi connectivity index (χ3v) is 10.4. The first kappa shape index (κ1) is 35.1. The summed E-state index contributed by atoms with van der Waals surface area (Å²) < 4.78 is 11.5. The number of carbonyl (C=O) groups is 1. The summed E-state index contributed by atoms with van der Waals surface area (Å²) in [4.78, 5) is 25.4. The minimum atomic E-state index is -0.219. The SMILES string of the molecule is COc1cc(-c2nccc(-c3cccc(-c4ccc(CN5CCC(O)CC5)c(OC)n4)c3Cl)c2Cl)ccc1CNC1CCN(C(C)=O)CC1. The Hall–Kier alpha value is -3.73. The molecule has 2 N–H and O–H groups in total. The summed E-state index contributed by atoms with van der Waals surface area (Å²) in [5.74, 6) is 1.44. The number of nitrogens with zero attached hydrogens (tertiary/aromatic N) is 4. The molecule has 1 amide bonds. The van der Waals surface area contributed by atoms with Crippen LogP contribution >= 0.6 is 23.2 Å². The first-order valence-corrected chi connectivity index (χ1v) is 17.6. The first-order valence-electron chi connectivity index (χ1n) is 16.8. The zero-order valence-electron chi connectivity index (χ0n) is 28.2. The molecule has 49 heavy (non-hydrogen) atoms. The molecule has 0 aliphatic carbocycles. The normalized spacial score (nSPS) is 16.2. The van der Waals surface area contributed by atoms with Crippen molar-refractivity contribution in [3.8, 4) is 45.3 Å². The molecular formula is C38H43Cl2N5O4. The Morgan fingerprint density at radius 1 is 0.898 bits per heavy atom. The zero-order valence-corrected chi connectivity index (χ0v) is 29.7. The van der Waals surface area contributed by atoms with Crippen molar-refractivity contribution >= 4 is 29.1 Å². The highest BCUT2D eigenvalue weighted by Gasteiger charge is 2.23. The van der Waals surface area contributed by atoms with Gasteiger partial charge in [-0.3, -0.25) is 14.7 Å². The predicted octanol–water partition coefficient (Wildman–Crippen LogP) is 6.86. The number of rotatable bonds is 10. The van der Waals surface area contributed by atoms with E-state index in [-0.39, 0.29) is 12.0 Å². The summed E-state index contributed by atoms with van der Waals surface area (Å²) in [6.45, 7) is 6.22. The monoisotopic (exact) mass is 703 g/mol. The van der Waals surface area contributed by atoms with Gasteiger partial charge in [-0.2, -0.15) is 0 Å². The number of pyridine rings is 2. The maximum absolute atomic E-state index is 11.7. The van der Waals surface area contributed by atoms with Crippen LogP contribution in [-0.2, 0) is 17.9 Å². The summed E-state index contributed by atoms with van der Waals surface area (Å²) in [6.07, 6.45) is 4.92. The van der Waals surface area contributed by atoms with E-state index in [4.69, 9.17) is 37.7 Å². The van der Waals surface area contributed by atoms with Gasteiger partial charge in [0.25, 0.3) is 0 Å². The molecular weight excluding hydrogens is 661 g/mol. The van der Waals surface area contributed by atoms with Gasteiger partial charge in [0.05, 0.1) is 41.8 Å². The fourth-order valence-corrected chi connectivity index (χ4v) is 7.36. The summed E-state index contributed by atoms with van der Waals surface area (Å²) in [6, 6.07) is 18.1. The number of hydrogen-bond donors (Lipinski definition) is 2. The van der Waals surface area contributed by atoms with Crippen LogP contribution in [0.15, 0.2) is 60.8 Å². The lowest BCUT2D eigenvalue weighted by Gasteiger charge is -2.32. The number of likely N-dealkylation sites (tertiary alicyclic amines) is 2. The molecule has 2 aliphatic rings. The average molecular weight is 705 g/mol. The average Bonchev–Trinajstić information content (AvgIpc) is 3.12. The van der Waals surface area contributed by atoms with Gasteiger partial charge in [-0.25, -0.2) is 4.98 Å². The number of ether oxygens (including phenoxy) is 2. The van der Waals surface area contributed by atoms with Crippen molar-refractivity contribution in [1.29, 1.82) is 0 Å². The van der Waals surface area contributed by atoms with Crippen LogP contribution in [0.25, 0.3) is 33.6 Å². The second-order valence-corrected chi connectivity index (χ2v) is 13.5. The molecule has 0 bridgehead atoms. The van der Waals surface area contributed by atoms with E-state index in [2.05, 4.69) is 15.2 Å². The Balaban J connectivity index is 1.22. The maximum Gasteiger partial charge on any atom is 0.219 e. The molecule has 6 rings (SSSR count). The predicted molar refractivity (Wildman–Crippen MR) is 194 cm³/mol. The van der Waals surface area contributed by atoms with E-state index >= 15 is 0 Å². The van der Waals surface area contributed by atoms with E-state index in [1.807, 2.05) is 59.5 Å². The van der Waals surface area contributed by atoms with Gasteiger partial charge in [-0.15, -0.1) is 0 Å². The van der Waals surface area contributed by atoms with Crippen LogP contribution in [0, 0.1) is 0 Å². The van der Waals surface area contributed by atoms with Crippen LogP contribution in [-0.4, -0.2) is 83.3 Å². The van der Waals surface area contributed by atoms with Crippen molar-refractivity contribution in [2.24, 2.45) is 0 Å². The van der Waals surface area contributed by atoms with Gasteiger partial charge in [0.15, 0.2) is 0 Å². The third kappa shape index (κ3) is 8.03. The maximum atomic E-state index is 11.7. The highest BCUT2D eigenvalue weighted by atomic mass is 35.5. The molecule has 0 unspecified atom stereocenters. The topological polar surface area (TPSA) is 100 Å². The molecule has 0 radical (unpaired) electrons. The molecule has 11 heteroatoms. The number of aliphatic hydroxyl groups excluding tert-OH is 1. The van der Waals surface area contributed by atoms with Crippen LogP contribution in [0.5, 0.6) is 11.6 Å². The van der Waals surface area contributed by atoms with Crippen LogP contribution in [0.2, 0.25) is 10.0 Å². The highest BCUT2D eigenvalue weighted by Crippen LogP contribution is 2.42. The minimum Gasteiger partial charge on any atom is -0.496 e. The summed E-state index contributed by atoms with van der Waals surface area (Å²) in [7, 11) is 3.30. The standard InChI is InChI=1S/C38H43Cl2N5O4/c1-24(46)45-19-12-28(13-20-45)42-22-26-8-7-25(21-34(26)48-2)37-36(40)31(11-16-41-37)30-5-4-6-32(35(30)39)33-10-9-27(38(43-33)49-3)23-44-17-14-29(47)15-18-44/h4-11,16,21,28-29,42,47H,12-15,17-20,22-23H2,1-3H3. The number of piperidine rings is 2. The molecule has 2 fully saturated rings. The highest BCUT2D eigenvalue weighted by molar-refractivity contribution is 6.39. The molecule has 0 saturated carbocycles. The van der Waals surface area contributed by atoms with E-state index < -0.39 is 0 Å². The van der Waals surface area contributed by atoms with Crippen molar-refractivity contribution < 1.29 is 19.4 Å². The second-order valence-electron chi connectivity index (χ2n) is 12.7. The van der Waals surface area contributed by atoms with Crippen LogP contribution < -0.4 is 14.8 Å². The molecule has 2 aromatic heterocycles. The molecule has 2 aromatic carbocycles. The Labute approximate surface area is 298 Å². The number of amides is 1. The van der Waals surface area contributed by atoms with Crippen molar-refractivity contribution in [2.75, 3.05) is 40.4 Å². The molecule has 4 aromatic rings. The van der Waals surface area contributed by atoms with Crippen molar-refractivity contribution in [2.45, 2.75) is 57.8 Å². The molecule has 2 saturated heterocycles. The molecule has 9 nitrogen and oxygen atoms in total. The fraction of sp³-hybridized carbons (Fsp3) is 0.395. The van der Waals surface area contributed by atoms with E-state index in [1.165, 1.54) is 0 Å². The summed E-state index contributed by atoms with van der Waals surface area (Å²) in [5, 5.41) is 14.5. The number of carbonyl (C=O) groups excluding carboxylic acids is 1. The van der Waals surface area contributed by atoms with Crippen molar-refractivity contribution in [1.82, 2.24) is 25.1 Å².